The number of aryl methyl sites for hydroxylation is 1. The molecular weight excluding hydrogens is 336 g/mol. The van der Waals surface area contributed by atoms with E-state index in [1.807, 2.05) is 53.4 Å². The Balaban J connectivity index is 0. The van der Waals surface area contributed by atoms with Crippen LogP contribution in [-0.4, -0.2) is 42.6 Å². The molecule has 0 spiro atoms. The molecule has 0 aromatic heterocycles. The van der Waals surface area contributed by atoms with Crippen molar-refractivity contribution in [3.63, 3.8) is 0 Å². The van der Waals surface area contributed by atoms with Gasteiger partial charge in [-0.1, -0.05) is 52.0 Å². The molecule has 1 saturated heterocycles. The van der Waals surface area contributed by atoms with Crippen molar-refractivity contribution in [3.05, 3.63) is 35.4 Å². The molecular formula is C23H44N2O2. The molecule has 4 nitrogen and oxygen atoms in total. The summed E-state index contributed by atoms with van der Waals surface area (Å²) in [5.41, 5.74) is 8.96. The number of carbonyl (C=O) groups excluding carboxylic acids is 1. The van der Waals surface area contributed by atoms with Gasteiger partial charge >= 0.3 is 0 Å². The van der Waals surface area contributed by atoms with Crippen molar-refractivity contribution in [2.24, 2.45) is 5.73 Å². The molecule has 1 aliphatic heterocycles. The number of amides is 1. The number of piperidine rings is 1. The van der Waals surface area contributed by atoms with Crippen LogP contribution < -0.4 is 5.73 Å². The number of likely N-dealkylation sites (tertiary alicyclic amines) is 1. The van der Waals surface area contributed by atoms with Crippen molar-refractivity contribution in [1.29, 1.82) is 0 Å². The lowest BCUT2D eigenvalue weighted by Crippen LogP contribution is -2.51. The number of ether oxygens (including phenoxy) is 1. The van der Waals surface area contributed by atoms with Crippen molar-refractivity contribution in [3.8, 4) is 0 Å². The molecule has 1 fully saturated rings. The predicted octanol–water partition coefficient (Wildman–Crippen LogP) is 4.97. The molecule has 0 aliphatic carbocycles. The molecule has 1 heterocycles. The average Bonchev–Trinajstić information content (AvgIpc) is 2.67. The van der Waals surface area contributed by atoms with Gasteiger partial charge in [0, 0.05) is 25.7 Å². The molecule has 4 heteroatoms. The molecule has 2 N–H and O–H groups in total. The zero-order valence-electron chi connectivity index (χ0n) is 19.3. The minimum Gasteiger partial charge on any atom is -0.379 e. The molecule has 27 heavy (non-hydrogen) atoms. The smallest absolute Gasteiger partial charge is 0.209 e. The van der Waals surface area contributed by atoms with Gasteiger partial charge in [0.2, 0.25) is 6.41 Å². The van der Waals surface area contributed by atoms with Gasteiger partial charge in [-0.25, -0.2) is 0 Å². The Morgan fingerprint density at radius 1 is 1.11 bits per heavy atom. The van der Waals surface area contributed by atoms with E-state index < -0.39 is 0 Å². The Hall–Kier alpha value is -1.39. The van der Waals surface area contributed by atoms with Gasteiger partial charge in [-0.2, -0.15) is 0 Å². The van der Waals surface area contributed by atoms with E-state index in [1.165, 1.54) is 11.1 Å². The van der Waals surface area contributed by atoms with E-state index in [-0.39, 0.29) is 11.1 Å². The highest BCUT2D eigenvalue weighted by Crippen LogP contribution is 2.24. The number of rotatable bonds is 3. The standard InChI is InChI=1S/C14H20N2O.C5H12O.2C2H6/c1-12-4-2-3-5-13(12)10-14(15)6-8-16(11-17)9-7-14;1-5(2,3)6-4;2*1-2/h2-5,11H,6-10,15H2,1H3;1-4H3;2*1-2H3. The average molecular weight is 381 g/mol. The Kier molecular flexibility index (Phi) is 15.1. The number of hydrogen-bond donors (Lipinski definition) is 1. The number of carbonyl (C=O) groups is 1. The molecule has 0 unspecified atom stereocenters. The lowest BCUT2D eigenvalue weighted by molar-refractivity contribution is -0.119. The zero-order chi connectivity index (χ0) is 21.5. The van der Waals surface area contributed by atoms with Crippen LogP contribution in [0.1, 0.15) is 72.4 Å². The largest absolute Gasteiger partial charge is 0.379 e. The predicted molar refractivity (Wildman–Crippen MR) is 118 cm³/mol. The third-order valence-electron chi connectivity index (χ3n) is 4.36. The topological polar surface area (TPSA) is 55.6 Å². The molecule has 158 valence electrons. The monoisotopic (exact) mass is 380 g/mol. The molecule has 1 aromatic carbocycles. The van der Waals surface area contributed by atoms with Crippen molar-refractivity contribution in [1.82, 2.24) is 4.90 Å². The summed E-state index contributed by atoms with van der Waals surface area (Å²) < 4.78 is 4.94. The fourth-order valence-electron chi connectivity index (χ4n) is 2.44. The van der Waals surface area contributed by atoms with Crippen LogP contribution in [-0.2, 0) is 16.0 Å². The molecule has 2 rings (SSSR count). The van der Waals surface area contributed by atoms with Crippen LogP contribution in [0.25, 0.3) is 0 Å². The summed E-state index contributed by atoms with van der Waals surface area (Å²) in [6.45, 7) is 17.8. The van der Waals surface area contributed by atoms with E-state index in [4.69, 9.17) is 10.5 Å². The quantitative estimate of drug-likeness (QED) is 0.753. The highest BCUT2D eigenvalue weighted by atomic mass is 16.5. The fraction of sp³-hybridized carbons (Fsp3) is 0.696. The first kappa shape index (κ1) is 27.8. The van der Waals surface area contributed by atoms with Crippen LogP contribution in [0.5, 0.6) is 0 Å². The Morgan fingerprint density at radius 2 is 1.56 bits per heavy atom. The fourth-order valence-corrected chi connectivity index (χ4v) is 2.44. The van der Waals surface area contributed by atoms with Crippen LogP contribution >= 0.6 is 0 Å². The third-order valence-corrected chi connectivity index (χ3v) is 4.36. The molecule has 0 radical (unpaired) electrons. The lowest BCUT2D eigenvalue weighted by Gasteiger charge is -2.38. The number of hydrogen-bond acceptors (Lipinski definition) is 3. The van der Waals surface area contributed by atoms with Gasteiger partial charge in [-0.15, -0.1) is 0 Å². The molecule has 1 aromatic rings. The molecule has 0 atom stereocenters. The van der Waals surface area contributed by atoms with E-state index in [1.54, 1.807) is 7.11 Å². The first-order chi connectivity index (χ1) is 12.7. The van der Waals surface area contributed by atoms with Gasteiger partial charge in [0.25, 0.3) is 0 Å². The van der Waals surface area contributed by atoms with Crippen molar-refractivity contribution >= 4 is 6.41 Å². The van der Waals surface area contributed by atoms with Crippen molar-refractivity contribution in [2.45, 2.75) is 85.8 Å². The first-order valence-corrected chi connectivity index (χ1v) is 10.3. The van der Waals surface area contributed by atoms with E-state index in [2.05, 4.69) is 31.2 Å². The molecule has 0 saturated carbocycles. The van der Waals surface area contributed by atoms with Gasteiger partial charge in [0.15, 0.2) is 0 Å². The minimum atomic E-state index is -0.147. The second-order valence-electron chi connectivity index (χ2n) is 7.42. The van der Waals surface area contributed by atoms with Crippen LogP contribution in [0.3, 0.4) is 0 Å². The van der Waals surface area contributed by atoms with Gasteiger partial charge in [-0.3, -0.25) is 4.79 Å². The van der Waals surface area contributed by atoms with Gasteiger partial charge in [0.1, 0.15) is 0 Å². The second-order valence-corrected chi connectivity index (χ2v) is 7.42. The Bertz CT molecular complexity index is 487. The summed E-state index contributed by atoms with van der Waals surface area (Å²) in [4.78, 5) is 12.5. The summed E-state index contributed by atoms with van der Waals surface area (Å²) >= 11 is 0. The molecule has 1 aliphatic rings. The van der Waals surface area contributed by atoms with Crippen LogP contribution in [0.15, 0.2) is 24.3 Å². The Morgan fingerprint density at radius 3 is 1.93 bits per heavy atom. The SMILES string of the molecule is CC.CC.COC(C)(C)C.Cc1ccccc1CC1(N)CCN(C=O)CC1. The van der Waals surface area contributed by atoms with Crippen LogP contribution in [0.2, 0.25) is 0 Å². The summed E-state index contributed by atoms with van der Waals surface area (Å²) in [6, 6.07) is 8.39. The number of nitrogens with two attached hydrogens (primary N) is 1. The molecule has 1 amide bonds. The summed E-state index contributed by atoms with van der Waals surface area (Å²) in [5.74, 6) is 0. The Labute approximate surface area is 168 Å². The number of nitrogens with zero attached hydrogens (tertiary/aromatic N) is 1. The van der Waals surface area contributed by atoms with Crippen LogP contribution in [0.4, 0.5) is 0 Å². The van der Waals surface area contributed by atoms with Gasteiger partial charge in [0.05, 0.1) is 5.60 Å². The van der Waals surface area contributed by atoms with E-state index in [0.29, 0.717) is 0 Å². The first-order valence-electron chi connectivity index (χ1n) is 10.3. The molecule has 0 bridgehead atoms. The maximum absolute atomic E-state index is 10.7. The highest BCUT2D eigenvalue weighted by Gasteiger charge is 2.30. The number of methoxy groups -OCH3 is 1. The van der Waals surface area contributed by atoms with Crippen molar-refractivity contribution < 1.29 is 9.53 Å². The maximum atomic E-state index is 10.7. The second kappa shape index (κ2) is 14.6. The maximum Gasteiger partial charge on any atom is 0.209 e. The number of benzene rings is 1. The third kappa shape index (κ3) is 12.6. The zero-order valence-corrected chi connectivity index (χ0v) is 19.3. The summed E-state index contributed by atoms with van der Waals surface area (Å²) in [5, 5.41) is 0. The highest BCUT2D eigenvalue weighted by molar-refractivity contribution is 5.47. The van der Waals surface area contributed by atoms with Gasteiger partial charge < -0.3 is 15.4 Å². The van der Waals surface area contributed by atoms with E-state index in [9.17, 15) is 4.79 Å². The normalized spacial score (nSPS) is 15.1. The summed E-state index contributed by atoms with van der Waals surface area (Å²) in [6.07, 6.45) is 3.61. The van der Waals surface area contributed by atoms with E-state index >= 15 is 0 Å². The van der Waals surface area contributed by atoms with Crippen molar-refractivity contribution in [2.75, 3.05) is 20.2 Å². The van der Waals surface area contributed by atoms with Crippen LogP contribution in [0, 0.1) is 6.92 Å². The van der Waals surface area contributed by atoms with E-state index in [0.717, 1.165) is 38.8 Å². The lowest BCUT2D eigenvalue weighted by atomic mass is 9.82. The van der Waals surface area contributed by atoms with Gasteiger partial charge in [-0.05, 0) is 58.1 Å². The minimum absolute atomic E-state index is 0.0417. The summed E-state index contributed by atoms with van der Waals surface area (Å²) in [7, 11) is 1.71.